The molecule has 0 fully saturated rings. The van der Waals surface area contributed by atoms with Crippen LogP contribution in [-0.4, -0.2) is 34.8 Å². The predicted molar refractivity (Wildman–Crippen MR) is 76.8 cm³/mol. The molecule has 1 aromatic carbocycles. The Kier molecular flexibility index (Phi) is 3.97. The van der Waals surface area contributed by atoms with E-state index in [9.17, 15) is 5.11 Å². The average Bonchev–Trinajstić information content (AvgIpc) is 2.38. The zero-order valence-corrected chi connectivity index (χ0v) is 11.1. The smallest absolute Gasteiger partial charge is 0.163 e. The SMILES string of the molecule is CC(O)CN(C)c1cc(N)nc(-c2ccccc2)n1. The number of anilines is 2. The summed E-state index contributed by atoms with van der Waals surface area (Å²) in [4.78, 5) is 10.6. The summed E-state index contributed by atoms with van der Waals surface area (Å²) in [6.07, 6.45) is -0.429. The van der Waals surface area contributed by atoms with Crippen molar-refractivity contribution < 1.29 is 5.11 Å². The first-order valence-corrected chi connectivity index (χ1v) is 6.15. The first kappa shape index (κ1) is 13.3. The van der Waals surface area contributed by atoms with Crippen LogP contribution in [0.1, 0.15) is 6.92 Å². The van der Waals surface area contributed by atoms with Gasteiger partial charge < -0.3 is 15.7 Å². The highest BCUT2D eigenvalue weighted by atomic mass is 16.3. The average molecular weight is 258 g/mol. The molecule has 3 N–H and O–H groups in total. The van der Waals surface area contributed by atoms with Crippen LogP contribution < -0.4 is 10.6 Å². The van der Waals surface area contributed by atoms with Gasteiger partial charge >= 0.3 is 0 Å². The summed E-state index contributed by atoms with van der Waals surface area (Å²) in [6, 6.07) is 11.4. The summed E-state index contributed by atoms with van der Waals surface area (Å²) in [7, 11) is 1.86. The number of nitrogen functional groups attached to an aromatic ring is 1. The van der Waals surface area contributed by atoms with E-state index in [0.29, 0.717) is 24.0 Å². The second-order valence-electron chi connectivity index (χ2n) is 4.57. The Morgan fingerprint density at radius 2 is 1.95 bits per heavy atom. The van der Waals surface area contributed by atoms with E-state index in [1.165, 1.54) is 0 Å². The van der Waals surface area contributed by atoms with Gasteiger partial charge in [0.25, 0.3) is 0 Å². The summed E-state index contributed by atoms with van der Waals surface area (Å²) in [5.41, 5.74) is 6.74. The Balaban J connectivity index is 2.35. The van der Waals surface area contributed by atoms with Crippen molar-refractivity contribution in [3.8, 4) is 11.4 Å². The molecular weight excluding hydrogens is 240 g/mol. The van der Waals surface area contributed by atoms with E-state index < -0.39 is 6.10 Å². The maximum atomic E-state index is 9.42. The third kappa shape index (κ3) is 3.42. The Bertz CT molecular complexity index is 542. The molecule has 0 bridgehead atoms. The van der Waals surface area contributed by atoms with Crippen molar-refractivity contribution in [1.29, 1.82) is 0 Å². The fraction of sp³-hybridized carbons (Fsp3) is 0.286. The standard InChI is InChI=1S/C14H18N4O/c1-10(19)9-18(2)13-8-12(15)16-14(17-13)11-6-4-3-5-7-11/h3-8,10,19H,9H2,1-2H3,(H2,15,16,17). The molecule has 5 nitrogen and oxygen atoms in total. The van der Waals surface area contributed by atoms with Crippen molar-refractivity contribution in [1.82, 2.24) is 9.97 Å². The molecule has 0 saturated heterocycles. The number of aliphatic hydroxyl groups excluding tert-OH is 1. The molecule has 0 aliphatic heterocycles. The van der Waals surface area contributed by atoms with Gasteiger partial charge in [0, 0.05) is 25.2 Å². The Hall–Kier alpha value is -2.14. The summed E-state index contributed by atoms with van der Waals surface area (Å²) in [6.45, 7) is 2.23. The second kappa shape index (κ2) is 5.67. The molecule has 0 radical (unpaired) electrons. The third-order valence-electron chi connectivity index (χ3n) is 2.69. The lowest BCUT2D eigenvalue weighted by Gasteiger charge is -2.20. The van der Waals surface area contributed by atoms with Gasteiger partial charge in [0.2, 0.25) is 0 Å². The van der Waals surface area contributed by atoms with Crippen LogP contribution >= 0.6 is 0 Å². The van der Waals surface area contributed by atoms with Gasteiger partial charge in [0.15, 0.2) is 5.82 Å². The zero-order chi connectivity index (χ0) is 13.8. The molecule has 1 unspecified atom stereocenters. The van der Waals surface area contributed by atoms with E-state index in [4.69, 9.17) is 5.73 Å². The summed E-state index contributed by atoms with van der Waals surface area (Å²) >= 11 is 0. The molecule has 2 aromatic rings. The molecule has 0 aliphatic rings. The topological polar surface area (TPSA) is 75.3 Å². The Morgan fingerprint density at radius 1 is 1.26 bits per heavy atom. The van der Waals surface area contributed by atoms with Crippen molar-refractivity contribution in [2.24, 2.45) is 0 Å². The number of aromatic nitrogens is 2. The summed E-state index contributed by atoms with van der Waals surface area (Å²) in [5.74, 6) is 1.71. The third-order valence-corrected chi connectivity index (χ3v) is 2.69. The van der Waals surface area contributed by atoms with Gasteiger partial charge in [-0.15, -0.1) is 0 Å². The fourth-order valence-electron chi connectivity index (χ4n) is 1.85. The van der Waals surface area contributed by atoms with E-state index in [-0.39, 0.29) is 0 Å². The van der Waals surface area contributed by atoms with Crippen LogP contribution in [-0.2, 0) is 0 Å². The van der Waals surface area contributed by atoms with Crippen LogP contribution in [0, 0.1) is 0 Å². The molecule has 19 heavy (non-hydrogen) atoms. The quantitative estimate of drug-likeness (QED) is 0.870. The van der Waals surface area contributed by atoms with E-state index in [2.05, 4.69) is 9.97 Å². The minimum absolute atomic E-state index is 0.418. The molecule has 1 heterocycles. The number of nitrogens with zero attached hydrogens (tertiary/aromatic N) is 3. The lowest BCUT2D eigenvalue weighted by molar-refractivity contribution is 0.201. The Morgan fingerprint density at radius 3 is 2.58 bits per heavy atom. The first-order chi connectivity index (χ1) is 9.06. The molecule has 1 aromatic heterocycles. The van der Waals surface area contributed by atoms with Crippen LogP contribution in [0.25, 0.3) is 11.4 Å². The van der Waals surface area contributed by atoms with Gasteiger partial charge in [-0.25, -0.2) is 9.97 Å². The van der Waals surface area contributed by atoms with Crippen molar-refractivity contribution in [2.75, 3.05) is 24.2 Å². The van der Waals surface area contributed by atoms with Crippen molar-refractivity contribution in [3.05, 3.63) is 36.4 Å². The van der Waals surface area contributed by atoms with Gasteiger partial charge in [-0.05, 0) is 6.92 Å². The fourth-order valence-corrected chi connectivity index (χ4v) is 1.85. The number of aliphatic hydroxyl groups is 1. The second-order valence-corrected chi connectivity index (χ2v) is 4.57. The minimum Gasteiger partial charge on any atom is -0.392 e. The van der Waals surface area contributed by atoms with Gasteiger partial charge in [-0.3, -0.25) is 0 Å². The molecular formula is C14H18N4O. The highest BCUT2D eigenvalue weighted by Gasteiger charge is 2.10. The number of hydrogen-bond acceptors (Lipinski definition) is 5. The highest BCUT2D eigenvalue weighted by Crippen LogP contribution is 2.20. The maximum absolute atomic E-state index is 9.42. The largest absolute Gasteiger partial charge is 0.392 e. The first-order valence-electron chi connectivity index (χ1n) is 6.15. The lowest BCUT2D eigenvalue weighted by atomic mass is 10.2. The number of nitrogens with two attached hydrogens (primary N) is 1. The lowest BCUT2D eigenvalue weighted by Crippen LogP contribution is -2.27. The number of rotatable bonds is 4. The molecule has 2 rings (SSSR count). The van der Waals surface area contributed by atoms with Gasteiger partial charge in [0.1, 0.15) is 11.6 Å². The van der Waals surface area contributed by atoms with E-state index in [1.54, 1.807) is 13.0 Å². The van der Waals surface area contributed by atoms with Crippen LogP contribution in [0.5, 0.6) is 0 Å². The predicted octanol–water partition coefficient (Wildman–Crippen LogP) is 1.54. The maximum Gasteiger partial charge on any atom is 0.163 e. The summed E-state index contributed by atoms with van der Waals surface area (Å²) in [5, 5.41) is 9.42. The molecule has 1 atom stereocenters. The molecule has 0 aliphatic carbocycles. The zero-order valence-electron chi connectivity index (χ0n) is 11.1. The Labute approximate surface area is 112 Å². The van der Waals surface area contributed by atoms with Crippen LogP contribution in [0.2, 0.25) is 0 Å². The van der Waals surface area contributed by atoms with E-state index in [1.807, 2.05) is 42.3 Å². The minimum atomic E-state index is -0.429. The van der Waals surface area contributed by atoms with Gasteiger partial charge in [-0.2, -0.15) is 0 Å². The van der Waals surface area contributed by atoms with Gasteiger partial charge in [0.05, 0.1) is 6.10 Å². The molecule has 100 valence electrons. The number of likely N-dealkylation sites (N-methyl/N-ethyl adjacent to an activating group) is 1. The molecule has 5 heteroatoms. The van der Waals surface area contributed by atoms with Crippen molar-refractivity contribution >= 4 is 11.6 Å². The monoisotopic (exact) mass is 258 g/mol. The van der Waals surface area contributed by atoms with Crippen LogP contribution in [0.3, 0.4) is 0 Å². The highest BCUT2D eigenvalue weighted by molar-refractivity contribution is 5.60. The molecule has 0 amide bonds. The normalized spacial score (nSPS) is 12.2. The van der Waals surface area contributed by atoms with Crippen molar-refractivity contribution in [2.45, 2.75) is 13.0 Å². The molecule has 0 spiro atoms. The summed E-state index contributed by atoms with van der Waals surface area (Å²) < 4.78 is 0. The molecule has 0 saturated carbocycles. The number of hydrogen-bond donors (Lipinski definition) is 2. The van der Waals surface area contributed by atoms with E-state index in [0.717, 1.165) is 5.56 Å². The van der Waals surface area contributed by atoms with Gasteiger partial charge in [-0.1, -0.05) is 30.3 Å². The van der Waals surface area contributed by atoms with Crippen molar-refractivity contribution in [3.63, 3.8) is 0 Å². The van der Waals surface area contributed by atoms with Crippen LogP contribution in [0.15, 0.2) is 36.4 Å². The number of benzene rings is 1. The van der Waals surface area contributed by atoms with E-state index >= 15 is 0 Å². The van der Waals surface area contributed by atoms with Crippen LogP contribution in [0.4, 0.5) is 11.6 Å².